The predicted molar refractivity (Wildman–Crippen MR) is 56.9 cm³/mol. The minimum atomic E-state index is 0. The first-order chi connectivity index (χ1) is 6.33. The van der Waals surface area contributed by atoms with E-state index in [-0.39, 0.29) is 12.4 Å². The average Bonchev–Trinajstić information content (AvgIpc) is 2.15. The first-order valence-electron chi connectivity index (χ1n) is 3.73. The Kier molecular flexibility index (Phi) is 6.88. The van der Waals surface area contributed by atoms with Crippen LogP contribution in [0.4, 0.5) is 0 Å². The van der Waals surface area contributed by atoms with E-state index in [2.05, 4.69) is 5.16 Å². The van der Waals surface area contributed by atoms with Gasteiger partial charge in [0.05, 0.1) is 12.1 Å². The normalized spacial score (nSPS) is 9.79. The number of hydrogen-bond acceptors (Lipinski definition) is 3. The summed E-state index contributed by atoms with van der Waals surface area (Å²) in [6.45, 7) is 0.381. The van der Waals surface area contributed by atoms with Gasteiger partial charge in [-0.15, -0.1) is 24.0 Å². The van der Waals surface area contributed by atoms with Gasteiger partial charge in [0, 0.05) is 17.7 Å². The topological polar surface area (TPSA) is 48.5 Å². The van der Waals surface area contributed by atoms with Gasteiger partial charge in [-0.3, -0.25) is 0 Å². The molecule has 0 amide bonds. The maximum atomic E-state index is 10.6. The fourth-order valence-electron chi connectivity index (χ4n) is 0.696. The van der Waals surface area contributed by atoms with E-state index >= 15 is 0 Å². The van der Waals surface area contributed by atoms with Crippen LogP contribution in [0, 0.1) is 5.21 Å². The molecule has 0 aliphatic rings. The fraction of sp³-hybridized carbons (Fsp3) is 0.250. The Labute approximate surface area is 93.1 Å². The van der Waals surface area contributed by atoms with Crippen molar-refractivity contribution in [3.63, 3.8) is 0 Å². The standard InChI is InChI=1S/C8H9ClN2O2.ClH/c9-3-6-13-10-7-8-1-4-11(12)5-2-8;/h1-2,4-5,7H,3,6H2;1H/b10-7-;. The van der Waals surface area contributed by atoms with Crippen molar-refractivity contribution < 1.29 is 9.57 Å². The predicted octanol–water partition coefficient (Wildman–Crippen LogP) is 1.33. The third kappa shape index (κ3) is 4.89. The van der Waals surface area contributed by atoms with Gasteiger partial charge in [-0.1, -0.05) is 5.16 Å². The number of alkyl halides is 1. The molecule has 1 heterocycles. The molecular weight excluding hydrogens is 227 g/mol. The Hall–Kier alpha value is -1.00. The van der Waals surface area contributed by atoms with Crippen LogP contribution in [0.3, 0.4) is 0 Å². The second-order valence-corrected chi connectivity index (χ2v) is 2.63. The summed E-state index contributed by atoms with van der Waals surface area (Å²) in [4.78, 5) is 4.77. The molecule has 0 radical (unpaired) electrons. The summed E-state index contributed by atoms with van der Waals surface area (Å²) in [5, 5.41) is 14.3. The van der Waals surface area contributed by atoms with E-state index in [0.29, 0.717) is 17.2 Å². The van der Waals surface area contributed by atoms with Crippen LogP contribution in [-0.4, -0.2) is 18.7 Å². The average molecular weight is 237 g/mol. The highest BCUT2D eigenvalue weighted by Gasteiger charge is 1.90. The zero-order valence-electron chi connectivity index (χ0n) is 7.30. The van der Waals surface area contributed by atoms with Crippen LogP contribution in [0.2, 0.25) is 0 Å². The van der Waals surface area contributed by atoms with Gasteiger partial charge in [-0.2, -0.15) is 4.73 Å². The van der Waals surface area contributed by atoms with E-state index in [1.165, 1.54) is 18.6 Å². The fourth-order valence-corrected chi connectivity index (χ4v) is 0.765. The van der Waals surface area contributed by atoms with Crippen LogP contribution in [-0.2, 0) is 4.84 Å². The maximum Gasteiger partial charge on any atom is 0.181 e. The number of oxime groups is 1. The summed E-state index contributed by atoms with van der Waals surface area (Å²) in [6, 6.07) is 3.28. The van der Waals surface area contributed by atoms with Crippen molar-refractivity contribution in [3.8, 4) is 0 Å². The second kappa shape index (κ2) is 7.41. The second-order valence-electron chi connectivity index (χ2n) is 2.25. The van der Waals surface area contributed by atoms with E-state index in [1.54, 1.807) is 12.1 Å². The molecule has 0 N–H and O–H groups in total. The van der Waals surface area contributed by atoms with Gasteiger partial charge >= 0.3 is 0 Å². The molecular formula is C8H10Cl2N2O2. The van der Waals surface area contributed by atoms with Gasteiger partial charge in [0.2, 0.25) is 0 Å². The molecule has 0 aromatic carbocycles. The Morgan fingerprint density at radius 1 is 1.50 bits per heavy atom. The monoisotopic (exact) mass is 236 g/mol. The van der Waals surface area contributed by atoms with Crippen LogP contribution < -0.4 is 4.73 Å². The van der Waals surface area contributed by atoms with Gasteiger partial charge in [-0.05, 0) is 0 Å². The zero-order valence-corrected chi connectivity index (χ0v) is 8.87. The molecule has 0 fully saturated rings. The quantitative estimate of drug-likeness (QED) is 0.198. The number of pyridine rings is 1. The lowest BCUT2D eigenvalue weighted by Gasteiger charge is -1.95. The number of halogens is 2. The molecule has 0 saturated carbocycles. The van der Waals surface area contributed by atoms with E-state index in [0.717, 1.165) is 5.56 Å². The van der Waals surface area contributed by atoms with Crippen LogP contribution in [0.25, 0.3) is 0 Å². The highest BCUT2D eigenvalue weighted by molar-refractivity contribution is 6.17. The highest BCUT2D eigenvalue weighted by atomic mass is 35.5. The molecule has 0 aliphatic heterocycles. The summed E-state index contributed by atoms with van der Waals surface area (Å²) in [7, 11) is 0. The van der Waals surface area contributed by atoms with Crippen LogP contribution in [0.15, 0.2) is 29.7 Å². The van der Waals surface area contributed by atoms with Gasteiger partial charge in [0.25, 0.3) is 0 Å². The van der Waals surface area contributed by atoms with E-state index < -0.39 is 0 Å². The van der Waals surface area contributed by atoms with Crippen LogP contribution in [0.5, 0.6) is 0 Å². The molecule has 0 bridgehead atoms. The van der Waals surface area contributed by atoms with Crippen molar-refractivity contribution in [2.45, 2.75) is 0 Å². The number of nitrogens with zero attached hydrogens (tertiary/aromatic N) is 2. The van der Waals surface area contributed by atoms with Crippen molar-refractivity contribution in [1.29, 1.82) is 0 Å². The lowest BCUT2D eigenvalue weighted by molar-refractivity contribution is -0.605. The molecule has 0 spiro atoms. The smallest absolute Gasteiger partial charge is 0.181 e. The van der Waals surface area contributed by atoms with E-state index in [9.17, 15) is 5.21 Å². The number of aromatic nitrogens is 1. The van der Waals surface area contributed by atoms with Crippen LogP contribution >= 0.6 is 24.0 Å². The molecule has 0 saturated heterocycles. The molecule has 0 atom stereocenters. The van der Waals surface area contributed by atoms with E-state index in [4.69, 9.17) is 16.4 Å². The summed E-state index contributed by atoms with van der Waals surface area (Å²) < 4.78 is 0.705. The third-order valence-electron chi connectivity index (χ3n) is 1.27. The molecule has 78 valence electrons. The zero-order chi connectivity index (χ0) is 9.52. The van der Waals surface area contributed by atoms with Gasteiger partial charge in [0.15, 0.2) is 12.4 Å². The van der Waals surface area contributed by atoms with Crippen molar-refractivity contribution in [2.75, 3.05) is 12.5 Å². The van der Waals surface area contributed by atoms with Gasteiger partial charge < -0.3 is 10.0 Å². The van der Waals surface area contributed by atoms with Crippen molar-refractivity contribution in [1.82, 2.24) is 0 Å². The number of rotatable bonds is 4. The Bertz CT molecular complexity index is 277. The SMILES string of the molecule is Cl.[O-][n+]1ccc(/C=N\OCCCl)cc1. The summed E-state index contributed by atoms with van der Waals surface area (Å²) >= 11 is 5.36. The Morgan fingerprint density at radius 2 is 2.14 bits per heavy atom. The molecule has 1 aromatic rings. The molecule has 1 rings (SSSR count). The first-order valence-corrected chi connectivity index (χ1v) is 4.26. The van der Waals surface area contributed by atoms with Crippen molar-refractivity contribution in [2.24, 2.45) is 5.16 Å². The minimum Gasteiger partial charge on any atom is -0.619 e. The highest BCUT2D eigenvalue weighted by Crippen LogP contribution is 1.90. The molecule has 14 heavy (non-hydrogen) atoms. The lowest BCUT2D eigenvalue weighted by atomic mass is 10.3. The molecule has 0 aliphatic carbocycles. The summed E-state index contributed by atoms with van der Waals surface area (Å²) in [6.07, 6.45) is 4.30. The Balaban J connectivity index is 0.00000169. The van der Waals surface area contributed by atoms with Crippen molar-refractivity contribution in [3.05, 3.63) is 35.3 Å². The lowest BCUT2D eigenvalue weighted by Crippen LogP contribution is -2.23. The molecule has 6 heteroatoms. The van der Waals surface area contributed by atoms with Gasteiger partial charge in [-0.25, -0.2) is 0 Å². The third-order valence-corrected chi connectivity index (χ3v) is 1.43. The van der Waals surface area contributed by atoms with Crippen molar-refractivity contribution >= 4 is 30.2 Å². The summed E-state index contributed by atoms with van der Waals surface area (Å²) in [5.74, 6) is 0.409. The van der Waals surface area contributed by atoms with E-state index in [1.807, 2.05) is 0 Å². The van der Waals surface area contributed by atoms with Gasteiger partial charge in [0.1, 0.15) is 6.61 Å². The largest absolute Gasteiger partial charge is 0.619 e. The number of hydrogen-bond donors (Lipinski definition) is 0. The van der Waals surface area contributed by atoms with Crippen LogP contribution in [0.1, 0.15) is 5.56 Å². The summed E-state index contributed by atoms with van der Waals surface area (Å²) in [5.41, 5.74) is 0.807. The molecule has 0 unspecified atom stereocenters. The molecule has 1 aromatic heterocycles. The first kappa shape index (κ1) is 13.0. The Morgan fingerprint density at radius 3 is 2.71 bits per heavy atom. The molecule has 4 nitrogen and oxygen atoms in total. The maximum absolute atomic E-state index is 10.6. The minimum absolute atomic E-state index is 0.